The summed E-state index contributed by atoms with van der Waals surface area (Å²) >= 11 is 0. The van der Waals surface area contributed by atoms with E-state index in [-0.39, 0.29) is 16.6 Å². The summed E-state index contributed by atoms with van der Waals surface area (Å²) in [7, 11) is -3.87. The van der Waals surface area contributed by atoms with E-state index < -0.39 is 16.6 Å². The van der Waals surface area contributed by atoms with Gasteiger partial charge in [0.1, 0.15) is 12.9 Å². The molecule has 2 aromatic rings. The van der Waals surface area contributed by atoms with Gasteiger partial charge in [0.05, 0.1) is 4.90 Å². The van der Waals surface area contributed by atoms with E-state index in [2.05, 4.69) is 15.4 Å². The number of aliphatic hydroxyl groups excluding tert-OH is 1. The highest BCUT2D eigenvalue weighted by Crippen LogP contribution is 2.27. The van der Waals surface area contributed by atoms with Crippen LogP contribution in [0.25, 0.3) is 0 Å². The fourth-order valence-electron chi connectivity index (χ4n) is 2.98. The molecule has 1 aromatic heterocycles. The number of anilines is 1. The second kappa shape index (κ2) is 7.32. The Bertz CT molecular complexity index is 839. The summed E-state index contributed by atoms with van der Waals surface area (Å²) in [4.78, 5) is 15.8. The predicted octanol–water partition coefficient (Wildman–Crippen LogP) is 1.53. The van der Waals surface area contributed by atoms with Gasteiger partial charge in [-0.25, -0.2) is 4.98 Å². The molecule has 0 aliphatic heterocycles. The molecule has 0 unspecified atom stereocenters. The van der Waals surface area contributed by atoms with Crippen LogP contribution in [-0.2, 0) is 21.4 Å². The van der Waals surface area contributed by atoms with Gasteiger partial charge in [0.15, 0.2) is 5.82 Å². The molecule has 0 saturated heterocycles. The first kappa shape index (κ1) is 17.6. The average Bonchev–Trinajstić information content (AvgIpc) is 3.26. The van der Waals surface area contributed by atoms with Gasteiger partial charge in [-0.2, -0.15) is 8.42 Å². The van der Waals surface area contributed by atoms with Crippen LogP contribution in [0.15, 0.2) is 35.5 Å². The minimum absolute atomic E-state index is 0.0238. The predicted molar refractivity (Wildman–Crippen MR) is 90.2 cm³/mol. The zero-order valence-corrected chi connectivity index (χ0v) is 14.4. The number of benzene rings is 1. The van der Waals surface area contributed by atoms with Crippen LogP contribution < -0.4 is 5.32 Å². The Balaban J connectivity index is 1.67. The Morgan fingerprint density at radius 1 is 1.24 bits per heavy atom. The van der Waals surface area contributed by atoms with Crippen LogP contribution in [0.3, 0.4) is 0 Å². The number of hydrogen-bond donors (Lipinski definition) is 2. The van der Waals surface area contributed by atoms with Crippen molar-refractivity contribution in [3.8, 4) is 0 Å². The van der Waals surface area contributed by atoms with Gasteiger partial charge in [-0.05, 0) is 43.0 Å². The highest BCUT2D eigenvalue weighted by atomic mass is 32.2. The molecule has 1 aliphatic carbocycles. The molecular formula is C16H20N4O4S. The Kier molecular flexibility index (Phi) is 5.14. The second-order valence-electron chi connectivity index (χ2n) is 6.12. The van der Waals surface area contributed by atoms with Crippen molar-refractivity contribution in [3.63, 3.8) is 0 Å². The molecule has 2 N–H and O–H groups in total. The van der Waals surface area contributed by atoms with Crippen LogP contribution in [0, 0.1) is 5.92 Å². The van der Waals surface area contributed by atoms with E-state index in [9.17, 15) is 13.2 Å². The van der Waals surface area contributed by atoms with E-state index in [0.717, 1.165) is 19.2 Å². The number of aromatic nitrogens is 3. The van der Waals surface area contributed by atoms with Gasteiger partial charge in [0.25, 0.3) is 10.0 Å². The third kappa shape index (κ3) is 4.05. The Hall–Kier alpha value is -2.26. The van der Waals surface area contributed by atoms with Gasteiger partial charge in [0, 0.05) is 12.1 Å². The standard InChI is InChI=1S/C16H20N4O4S/c21-10-15-17-11-20(19-15)25(23,24)14-7-5-13(6-8-14)18-16(22)9-12-3-1-2-4-12/h5-8,11-12,21H,1-4,9-10H2,(H,18,22). The van der Waals surface area contributed by atoms with Crippen molar-refractivity contribution in [2.45, 2.75) is 43.6 Å². The van der Waals surface area contributed by atoms with Crippen molar-refractivity contribution in [2.24, 2.45) is 5.92 Å². The monoisotopic (exact) mass is 364 g/mol. The van der Waals surface area contributed by atoms with Crippen molar-refractivity contribution >= 4 is 21.6 Å². The number of carbonyl (C=O) groups excluding carboxylic acids is 1. The minimum atomic E-state index is -3.87. The molecule has 8 nitrogen and oxygen atoms in total. The lowest BCUT2D eigenvalue weighted by Gasteiger charge is -2.10. The molecule has 0 bridgehead atoms. The second-order valence-corrected chi connectivity index (χ2v) is 7.92. The number of rotatable bonds is 6. The molecule has 0 radical (unpaired) electrons. The summed E-state index contributed by atoms with van der Waals surface area (Å²) < 4.78 is 25.6. The fourth-order valence-corrected chi connectivity index (χ4v) is 4.05. The third-order valence-electron chi connectivity index (χ3n) is 4.29. The summed E-state index contributed by atoms with van der Waals surface area (Å²) in [6.07, 6.45) is 6.10. The average molecular weight is 364 g/mol. The van der Waals surface area contributed by atoms with E-state index in [1.165, 1.54) is 25.0 Å². The summed E-state index contributed by atoms with van der Waals surface area (Å²) in [6, 6.07) is 5.90. The van der Waals surface area contributed by atoms with Gasteiger partial charge in [0.2, 0.25) is 5.91 Å². The van der Waals surface area contributed by atoms with E-state index in [0.29, 0.717) is 22.1 Å². The SMILES string of the molecule is O=C(CC1CCCC1)Nc1ccc(S(=O)(=O)n2cnc(CO)n2)cc1. The van der Waals surface area contributed by atoms with Crippen molar-refractivity contribution in [2.75, 3.05) is 5.32 Å². The van der Waals surface area contributed by atoms with Crippen LogP contribution in [-0.4, -0.2) is 33.6 Å². The lowest BCUT2D eigenvalue weighted by Crippen LogP contribution is -2.16. The van der Waals surface area contributed by atoms with Crippen molar-refractivity contribution in [1.82, 2.24) is 14.2 Å². The molecule has 1 aliphatic rings. The quantitative estimate of drug-likeness (QED) is 0.803. The van der Waals surface area contributed by atoms with Crippen LogP contribution in [0.5, 0.6) is 0 Å². The lowest BCUT2D eigenvalue weighted by molar-refractivity contribution is -0.117. The van der Waals surface area contributed by atoms with Gasteiger partial charge < -0.3 is 10.4 Å². The smallest absolute Gasteiger partial charge is 0.284 e. The molecular weight excluding hydrogens is 344 g/mol. The number of nitrogens with one attached hydrogen (secondary N) is 1. The zero-order chi connectivity index (χ0) is 17.9. The highest BCUT2D eigenvalue weighted by molar-refractivity contribution is 7.89. The Morgan fingerprint density at radius 2 is 1.92 bits per heavy atom. The van der Waals surface area contributed by atoms with Crippen molar-refractivity contribution < 1.29 is 18.3 Å². The maximum atomic E-state index is 12.4. The number of nitrogens with zero attached hydrogens (tertiary/aromatic N) is 3. The molecule has 0 spiro atoms. The summed E-state index contributed by atoms with van der Waals surface area (Å²) in [6.45, 7) is -0.436. The molecule has 1 heterocycles. The fraction of sp³-hybridized carbons (Fsp3) is 0.438. The van der Waals surface area contributed by atoms with Crippen LogP contribution in [0.1, 0.15) is 37.9 Å². The molecule has 1 amide bonds. The first-order valence-corrected chi connectivity index (χ1v) is 9.60. The normalized spacial score (nSPS) is 15.4. The summed E-state index contributed by atoms with van der Waals surface area (Å²) in [5.41, 5.74) is 0.552. The van der Waals surface area contributed by atoms with Gasteiger partial charge in [-0.15, -0.1) is 9.19 Å². The van der Waals surface area contributed by atoms with Crippen molar-refractivity contribution in [3.05, 3.63) is 36.4 Å². The summed E-state index contributed by atoms with van der Waals surface area (Å²) in [5.74, 6) is 0.429. The molecule has 1 fully saturated rings. The maximum Gasteiger partial charge on any atom is 0.284 e. The molecule has 1 aromatic carbocycles. The zero-order valence-electron chi connectivity index (χ0n) is 13.6. The van der Waals surface area contributed by atoms with Crippen LogP contribution in [0.4, 0.5) is 5.69 Å². The van der Waals surface area contributed by atoms with E-state index in [1.807, 2.05) is 0 Å². The Labute approximate surface area is 145 Å². The van der Waals surface area contributed by atoms with E-state index in [1.54, 1.807) is 12.1 Å². The maximum absolute atomic E-state index is 12.4. The summed E-state index contributed by atoms with van der Waals surface area (Å²) in [5, 5.41) is 15.4. The largest absolute Gasteiger partial charge is 0.388 e. The molecule has 1 saturated carbocycles. The highest BCUT2D eigenvalue weighted by Gasteiger charge is 2.20. The number of aliphatic hydroxyl groups is 1. The number of hydrogen-bond acceptors (Lipinski definition) is 6. The van der Waals surface area contributed by atoms with E-state index >= 15 is 0 Å². The van der Waals surface area contributed by atoms with Gasteiger partial charge >= 0.3 is 0 Å². The molecule has 134 valence electrons. The molecule has 3 rings (SSSR count). The van der Waals surface area contributed by atoms with Gasteiger partial charge in [-0.1, -0.05) is 12.8 Å². The topological polar surface area (TPSA) is 114 Å². The minimum Gasteiger partial charge on any atom is -0.388 e. The van der Waals surface area contributed by atoms with E-state index in [4.69, 9.17) is 5.11 Å². The first-order chi connectivity index (χ1) is 12.0. The molecule has 0 atom stereocenters. The van der Waals surface area contributed by atoms with Crippen LogP contribution >= 0.6 is 0 Å². The van der Waals surface area contributed by atoms with Gasteiger partial charge in [-0.3, -0.25) is 4.79 Å². The Morgan fingerprint density at radius 3 is 2.52 bits per heavy atom. The number of amides is 1. The third-order valence-corrected chi connectivity index (χ3v) is 5.83. The lowest BCUT2D eigenvalue weighted by atomic mass is 10.0. The molecule has 9 heteroatoms. The van der Waals surface area contributed by atoms with Crippen molar-refractivity contribution in [1.29, 1.82) is 0 Å². The van der Waals surface area contributed by atoms with Crippen LogP contribution in [0.2, 0.25) is 0 Å². The molecule has 25 heavy (non-hydrogen) atoms. The first-order valence-electron chi connectivity index (χ1n) is 8.16. The number of carbonyl (C=O) groups is 1.